The van der Waals surface area contributed by atoms with Crippen LogP contribution in [0, 0.1) is 0 Å². The lowest BCUT2D eigenvalue weighted by atomic mass is 9.81. The fraction of sp³-hybridized carbons (Fsp3) is 0.577. The van der Waals surface area contributed by atoms with Crippen LogP contribution in [0.4, 0.5) is 13.2 Å². The van der Waals surface area contributed by atoms with Crippen molar-refractivity contribution < 1.29 is 32.2 Å². The zero-order chi connectivity index (χ0) is 26.1. The van der Waals surface area contributed by atoms with Crippen molar-refractivity contribution in [3.63, 3.8) is 0 Å². The molecule has 10 heteroatoms. The number of nitrogens with zero attached hydrogens (tertiary/aromatic N) is 3. The van der Waals surface area contributed by atoms with Crippen molar-refractivity contribution in [1.29, 1.82) is 0 Å². The molecule has 0 aliphatic carbocycles. The number of aromatic nitrogens is 1. The molecule has 2 aromatic rings. The Morgan fingerprint density at radius 3 is 2.36 bits per heavy atom. The fourth-order valence-electron chi connectivity index (χ4n) is 5.47. The van der Waals surface area contributed by atoms with Gasteiger partial charge in [0, 0.05) is 51.1 Å². The van der Waals surface area contributed by atoms with Gasteiger partial charge in [0.1, 0.15) is 5.69 Å². The minimum absolute atomic E-state index is 0.0351. The van der Waals surface area contributed by atoms with E-state index in [1.165, 1.54) is 17.7 Å². The van der Waals surface area contributed by atoms with E-state index in [0.717, 1.165) is 0 Å². The van der Waals surface area contributed by atoms with Gasteiger partial charge in [-0.2, -0.15) is 13.2 Å². The normalized spacial score (nSPS) is 17.9. The third-order valence-electron chi connectivity index (χ3n) is 7.16. The van der Waals surface area contributed by atoms with Crippen LogP contribution in [-0.4, -0.2) is 73.4 Å². The van der Waals surface area contributed by atoms with E-state index in [1.807, 2.05) is 13.8 Å². The fourth-order valence-corrected chi connectivity index (χ4v) is 5.47. The summed E-state index contributed by atoms with van der Waals surface area (Å²) in [5, 5.41) is 0. The molecule has 1 amide bonds. The van der Waals surface area contributed by atoms with Crippen LogP contribution >= 0.6 is 0 Å². The van der Waals surface area contributed by atoms with Gasteiger partial charge in [0.2, 0.25) is 0 Å². The standard InChI is InChI=1S/C26H34F3N3O4/c1-18(2)36-20-6-5-19(17-21(20)35-4)24(33)30-11-9-25(10-12-30)22-7-8-23(26(27,28)29)32(22)14-13-31(25)15-16-34-3/h5-8,17-18H,9-16H2,1-4H3. The van der Waals surface area contributed by atoms with Crippen LogP contribution in [0.5, 0.6) is 11.5 Å². The van der Waals surface area contributed by atoms with Crippen molar-refractivity contribution in [2.75, 3.05) is 47.0 Å². The van der Waals surface area contributed by atoms with E-state index < -0.39 is 17.4 Å². The average Bonchev–Trinajstić information content (AvgIpc) is 3.30. The molecule has 1 fully saturated rings. The number of piperidine rings is 1. The van der Waals surface area contributed by atoms with Gasteiger partial charge in [-0.05, 0) is 57.0 Å². The summed E-state index contributed by atoms with van der Waals surface area (Å²) in [7, 11) is 3.15. The Bertz CT molecular complexity index is 1070. The maximum absolute atomic E-state index is 13.7. The molecule has 2 aliphatic rings. The van der Waals surface area contributed by atoms with Crippen LogP contribution < -0.4 is 9.47 Å². The molecule has 7 nitrogen and oxygen atoms in total. The number of hydrogen-bond acceptors (Lipinski definition) is 5. The second kappa shape index (κ2) is 10.3. The number of alkyl halides is 3. The first-order chi connectivity index (χ1) is 17.1. The quantitative estimate of drug-likeness (QED) is 0.554. The molecule has 36 heavy (non-hydrogen) atoms. The lowest BCUT2D eigenvalue weighted by molar-refractivity contribution is -0.145. The molecule has 0 N–H and O–H groups in total. The highest BCUT2D eigenvalue weighted by Crippen LogP contribution is 2.44. The maximum atomic E-state index is 13.7. The van der Waals surface area contributed by atoms with Crippen LogP contribution in [-0.2, 0) is 23.0 Å². The molecule has 0 saturated carbocycles. The molecule has 0 bridgehead atoms. The zero-order valence-corrected chi connectivity index (χ0v) is 21.2. The van der Waals surface area contributed by atoms with E-state index in [1.54, 1.807) is 36.3 Å². The van der Waals surface area contributed by atoms with Crippen molar-refractivity contribution in [3.05, 3.63) is 47.3 Å². The highest BCUT2D eigenvalue weighted by atomic mass is 19.4. The first-order valence-electron chi connectivity index (χ1n) is 12.3. The summed E-state index contributed by atoms with van der Waals surface area (Å²) in [5.74, 6) is 0.919. The van der Waals surface area contributed by atoms with E-state index >= 15 is 0 Å². The summed E-state index contributed by atoms with van der Waals surface area (Å²) in [6.45, 7) is 6.57. The number of fused-ring (bicyclic) bond motifs is 2. The van der Waals surface area contributed by atoms with Crippen LogP contribution in [0.3, 0.4) is 0 Å². The summed E-state index contributed by atoms with van der Waals surface area (Å²) in [6.07, 6.45) is -3.37. The highest BCUT2D eigenvalue weighted by Gasteiger charge is 2.48. The monoisotopic (exact) mass is 509 g/mol. The number of halogens is 3. The van der Waals surface area contributed by atoms with Crippen molar-refractivity contribution in [1.82, 2.24) is 14.4 Å². The molecule has 0 radical (unpaired) electrons. The number of carbonyl (C=O) groups is 1. The molecule has 1 aromatic carbocycles. The Morgan fingerprint density at radius 2 is 1.75 bits per heavy atom. The molecule has 1 spiro atoms. The van der Waals surface area contributed by atoms with E-state index in [-0.39, 0.29) is 18.6 Å². The third-order valence-corrected chi connectivity index (χ3v) is 7.16. The number of ether oxygens (including phenoxy) is 3. The molecule has 4 rings (SSSR count). The Kier molecular flexibility index (Phi) is 7.56. The first kappa shape index (κ1) is 26.3. The molecule has 198 valence electrons. The summed E-state index contributed by atoms with van der Waals surface area (Å²) in [6, 6.07) is 7.92. The summed E-state index contributed by atoms with van der Waals surface area (Å²) in [4.78, 5) is 17.3. The number of rotatable bonds is 7. The van der Waals surface area contributed by atoms with Crippen LogP contribution in [0.25, 0.3) is 0 Å². The van der Waals surface area contributed by atoms with Crippen molar-refractivity contribution in [2.45, 2.75) is 51.1 Å². The van der Waals surface area contributed by atoms with Gasteiger partial charge in [-0.15, -0.1) is 0 Å². The van der Waals surface area contributed by atoms with Gasteiger partial charge in [0.05, 0.1) is 25.4 Å². The molecular weight excluding hydrogens is 475 g/mol. The largest absolute Gasteiger partial charge is 0.493 e. The topological polar surface area (TPSA) is 56.2 Å². The van der Waals surface area contributed by atoms with E-state index in [9.17, 15) is 18.0 Å². The minimum Gasteiger partial charge on any atom is -0.493 e. The Morgan fingerprint density at radius 1 is 1.03 bits per heavy atom. The number of likely N-dealkylation sites (tertiary alicyclic amines) is 1. The number of hydrogen-bond donors (Lipinski definition) is 0. The van der Waals surface area contributed by atoms with Crippen molar-refractivity contribution >= 4 is 5.91 Å². The molecule has 0 unspecified atom stereocenters. The Hall–Kier alpha value is -2.72. The smallest absolute Gasteiger partial charge is 0.431 e. The summed E-state index contributed by atoms with van der Waals surface area (Å²) >= 11 is 0. The number of methoxy groups -OCH3 is 2. The van der Waals surface area contributed by atoms with Crippen LogP contribution in [0.1, 0.15) is 48.4 Å². The lowest BCUT2D eigenvalue weighted by Crippen LogP contribution is -2.58. The molecule has 1 aromatic heterocycles. The van der Waals surface area contributed by atoms with Crippen LogP contribution in [0.15, 0.2) is 30.3 Å². The van der Waals surface area contributed by atoms with Gasteiger partial charge in [0.15, 0.2) is 11.5 Å². The van der Waals surface area contributed by atoms with Gasteiger partial charge < -0.3 is 23.7 Å². The zero-order valence-electron chi connectivity index (χ0n) is 21.2. The second-order valence-electron chi connectivity index (χ2n) is 9.59. The van der Waals surface area contributed by atoms with Crippen molar-refractivity contribution in [2.24, 2.45) is 0 Å². The number of carbonyl (C=O) groups excluding carboxylic acids is 1. The van der Waals surface area contributed by atoms with Gasteiger partial charge in [0.25, 0.3) is 5.91 Å². The number of amides is 1. The van der Waals surface area contributed by atoms with E-state index in [0.29, 0.717) is 68.4 Å². The Labute approximate surface area is 209 Å². The predicted molar refractivity (Wildman–Crippen MR) is 128 cm³/mol. The molecular formula is C26H34F3N3O4. The molecule has 3 heterocycles. The first-order valence-corrected chi connectivity index (χ1v) is 12.3. The van der Waals surface area contributed by atoms with E-state index in [4.69, 9.17) is 14.2 Å². The van der Waals surface area contributed by atoms with Crippen molar-refractivity contribution in [3.8, 4) is 11.5 Å². The SMILES string of the molecule is COCCN1CCn2c(C(F)(F)F)ccc2C12CCN(C(=O)c1ccc(OC(C)C)c(OC)c1)CC2. The minimum atomic E-state index is -4.41. The lowest BCUT2D eigenvalue weighted by Gasteiger charge is -2.52. The summed E-state index contributed by atoms with van der Waals surface area (Å²) < 4.78 is 58.8. The van der Waals surface area contributed by atoms with Gasteiger partial charge in [-0.25, -0.2) is 0 Å². The molecule has 1 saturated heterocycles. The maximum Gasteiger partial charge on any atom is 0.431 e. The Balaban J connectivity index is 1.57. The second-order valence-corrected chi connectivity index (χ2v) is 9.59. The number of benzene rings is 1. The van der Waals surface area contributed by atoms with Gasteiger partial charge in [-0.1, -0.05) is 0 Å². The predicted octanol–water partition coefficient (Wildman–Crippen LogP) is 4.40. The van der Waals surface area contributed by atoms with E-state index in [2.05, 4.69) is 4.90 Å². The van der Waals surface area contributed by atoms with Crippen LogP contribution in [0.2, 0.25) is 0 Å². The molecule has 2 aliphatic heterocycles. The molecule has 0 atom stereocenters. The highest BCUT2D eigenvalue weighted by molar-refractivity contribution is 5.95. The average molecular weight is 510 g/mol. The summed E-state index contributed by atoms with van der Waals surface area (Å²) in [5.41, 5.74) is -0.0378. The van der Waals surface area contributed by atoms with Gasteiger partial charge in [-0.3, -0.25) is 9.69 Å². The third kappa shape index (κ3) is 4.93. The van der Waals surface area contributed by atoms with Gasteiger partial charge >= 0.3 is 6.18 Å².